The Morgan fingerprint density at radius 3 is 2.50 bits per heavy atom. The number of benzene rings is 1. The number of aromatic nitrogens is 3. The van der Waals surface area contributed by atoms with Crippen LogP contribution in [0.15, 0.2) is 51.8 Å². The lowest BCUT2D eigenvalue weighted by molar-refractivity contribution is -0.156. The van der Waals surface area contributed by atoms with Gasteiger partial charge >= 0.3 is 12.1 Å². The molecule has 0 aliphatic carbocycles. The zero-order valence-electron chi connectivity index (χ0n) is 11.9. The van der Waals surface area contributed by atoms with Gasteiger partial charge in [-0.25, -0.2) is 4.39 Å². The molecule has 0 fully saturated rings. The van der Waals surface area contributed by atoms with Crippen LogP contribution in [0.3, 0.4) is 0 Å². The lowest BCUT2D eigenvalue weighted by Crippen LogP contribution is -2.19. The van der Waals surface area contributed by atoms with Crippen molar-refractivity contribution >= 4 is 0 Å². The SMILES string of the molecule is O=c1cc(-c2nnc(C(F)(F)F)o2)ccn1Cc1ccccc1F. The summed E-state index contributed by atoms with van der Waals surface area (Å²) >= 11 is 0. The van der Waals surface area contributed by atoms with Crippen molar-refractivity contribution in [1.82, 2.24) is 14.8 Å². The number of pyridine rings is 1. The number of hydrogen-bond acceptors (Lipinski definition) is 4. The molecule has 3 aromatic rings. The fourth-order valence-corrected chi connectivity index (χ4v) is 2.04. The zero-order chi connectivity index (χ0) is 17.3. The topological polar surface area (TPSA) is 60.9 Å². The second kappa shape index (κ2) is 5.91. The van der Waals surface area contributed by atoms with Gasteiger partial charge in [0.05, 0.1) is 6.54 Å². The molecule has 0 amide bonds. The van der Waals surface area contributed by atoms with Crippen molar-refractivity contribution < 1.29 is 22.0 Å². The van der Waals surface area contributed by atoms with E-state index < -0.39 is 29.3 Å². The van der Waals surface area contributed by atoms with Gasteiger partial charge in [0.2, 0.25) is 5.89 Å². The van der Waals surface area contributed by atoms with Gasteiger partial charge in [-0.15, -0.1) is 10.2 Å². The third-order valence-electron chi connectivity index (χ3n) is 3.21. The van der Waals surface area contributed by atoms with Crippen LogP contribution in [0, 0.1) is 5.82 Å². The van der Waals surface area contributed by atoms with E-state index in [2.05, 4.69) is 14.6 Å². The summed E-state index contributed by atoms with van der Waals surface area (Å²) in [5.74, 6) is -2.37. The van der Waals surface area contributed by atoms with Gasteiger partial charge < -0.3 is 8.98 Å². The summed E-state index contributed by atoms with van der Waals surface area (Å²) in [6.45, 7) is -0.0105. The van der Waals surface area contributed by atoms with Crippen molar-refractivity contribution in [3.8, 4) is 11.5 Å². The van der Waals surface area contributed by atoms with E-state index in [0.717, 1.165) is 6.07 Å². The molecule has 0 spiro atoms. The Morgan fingerprint density at radius 2 is 1.88 bits per heavy atom. The molecule has 3 rings (SSSR count). The second-order valence-electron chi connectivity index (χ2n) is 4.88. The number of rotatable bonds is 3. The van der Waals surface area contributed by atoms with Crippen LogP contribution >= 0.6 is 0 Å². The smallest absolute Gasteiger partial charge is 0.413 e. The molecule has 124 valence electrons. The summed E-state index contributed by atoms with van der Waals surface area (Å²) in [6, 6.07) is 8.35. The van der Waals surface area contributed by atoms with E-state index in [1.54, 1.807) is 6.07 Å². The third-order valence-corrected chi connectivity index (χ3v) is 3.21. The molecule has 1 aromatic carbocycles. The fourth-order valence-electron chi connectivity index (χ4n) is 2.04. The Balaban J connectivity index is 1.89. The Kier molecular flexibility index (Phi) is 3.92. The van der Waals surface area contributed by atoms with E-state index in [4.69, 9.17) is 0 Å². The maximum atomic E-state index is 13.6. The van der Waals surface area contributed by atoms with Crippen LogP contribution in [0.25, 0.3) is 11.5 Å². The molecule has 0 radical (unpaired) electrons. The molecule has 2 heterocycles. The second-order valence-corrected chi connectivity index (χ2v) is 4.88. The van der Waals surface area contributed by atoms with E-state index in [1.165, 1.54) is 35.0 Å². The number of hydrogen-bond donors (Lipinski definition) is 0. The van der Waals surface area contributed by atoms with Crippen LogP contribution in [0.5, 0.6) is 0 Å². The maximum Gasteiger partial charge on any atom is 0.470 e. The van der Waals surface area contributed by atoms with Gasteiger partial charge in [0.25, 0.3) is 5.56 Å². The zero-order valence-corrected chi connectivity index (χ0v) is 11.9. The molecule has 0 N–H and O–H groups in total. The minimum Gasteiger partial charge on any atom is -0.413 e. The monoisotopic (exact) mass is 339 g/mol. The molecule has 2 aromatic heterocycles. The number of alkyl halides is 3. The molecular weight excluding hydrogens is 330 g/mol. The van der Waals surface area contributed by atoms with Crippen molar-refractivity contribution in [2.24, 2.45) is 0 Å². The quantitative estimate of drug-likeness (QED) is 0.688. The van der Waals surface area contributed by atoms with E-state index in [0.29, 0.717) is 5.56 Å². The first-order valence-electron chi connectivity index (χ1n) is 6.69. The average molecular weight is 339 g/mol. The van der Waals surface area contributed by atoms with E-state index in [1.807, 2.05) is 0 Å². The van der Waals surface area contributed by atoms with Crippen LogP contribution < -0.4 is 5.56 Å². The van der Waals surface area contributed by atoms with E-state index >= 15 is 0 Å². The molecule has 0 unspecified atom stereocenters. The first-order chi connectivity index (χ1) is 11.3. The molecule has 0 aliphatic heterocycles. The lowest BCUT2D eigenvalue weighted by atomic mass is 10.2. The van der Waals surface area contributed by atoms with Crippen molar-refractivity contribution in [3.63, 3.8) is 0 Å². The summed E-state index contributed by atoms with van der Waals surface area (Å²) < 4.78 is 56.7. The summed E-state index contributed by atoms with van der Waals surface area (Å²) in [7, 11) is 0. The van der Waals surface area contributed by atoms with Gasteiger partial charge in [-0.05, 0) is 12.1 Å². The van der Waals surface area contributed by atoms with Crippen LogP contribution in [-0.2, 0) is 12.7 Å². The molecule has 0 saturated heterocycles. The predicted molar refractivity (Wildman–Crippen MR) is 74.5 cm³/mol. The highest BCUT2D eigenvalue weighted by Crippen LogP contribution is 2.29. The van der Waals surface area contributed by atoms with Crippen molar-refractivity contribution in [3.05, 3.63) is 70.2 Å². The average Bonchev–Trinajstić information content (AvgIpc) is 3.01. The summed E-state index contributed by atoms with van der Waals surface area (Å²) in [5.41, 5.74) is -0.181. The minimum absolute atomic E-state index is 0.0105. The summed E-state index contributed by atoms with van der Waals surface area (Å²) in [5, 5.41) is 6.17. The van der Waals surface area contributed by atoms with E-state index in [-0.39, 0.29) is 12.1 Å². The van der Waals surface area contributed by atoms with Gasteiger partial charge in [0.15, 0.2) is 0 Å². The molecule has 0 aliphatic rings. The van der Waals surface area contributed by atoms with Gasteiger partial charge in [-0.1, -0.05) is 18.2 Å². The minimum atomic E-state index is -4.76. The third kappa shape index (κ3) is 3.19. The molecule has 0 atom stereocenters. The predicted octanol–water partition coefficient (Wildman–Crippen LogP) is 3.10. The van der Waals surface area contributed by atoms with Crippen LogP contribution in [0.2, 0.25) is 0 Å². The van der Waals surface area contributed by atoms with Crippen molar-refractivity contribution in [1.29, 1.82) is 0 Å². The van der Waals surface area contributed by atoms with Crippen LogP contribution in [0.1, 0.15) is 11.5 Å². The maximum absolute atomic E-state index is 13.6. The number of halogens is 4. The molecule has 5 nitrogen and oxygen atoms in total. The molecule has 9 heteroatoms. The fraction of sp³-hybridized carbons (Fsp3) is 0.133. The largest absolute Gasteiger partial charge is 0.470 e. The normalized spacial score (nSPS) is 11.7. The van der Waals surface area contributed by atoms with Gasteiger partial charge in [-0.2, -0.15) is 13.2 Å². The van der Waals surface area contributed by atoms with Gasteiger partial charge in [0, 0.05) is 23.4 Å². The Morgan fingerprint density at radius 1 is 1.12 bits per heavy atom. The van der Waals surface area contributed by atoms with Crippen molar-refractivity contribution in [2.75, 3.05) is 0 Å². The van der Waals surface area contributed by atoms with Crippen molar-refractivity contribution in [2.45, 2.75) is 12.7 Å². The highest BCUT2D eigenvalue weighted by molar-refractivity contribution is 5.51. The van der Waals surface area contributed by atoms with Crippen LogP contribution in [-0.4, -0.2) is 14.8 Å². The summed E-state index contributed by atoms with van der Waals surface area (Å²) in [6.07, 6.45) is -3.44. The number of nitrogens with zero attached hydrogens (tertiary/aromatic N) is 3. The lowest BCUT2D eigenvalue weighted by Gasteiger charge is -2.07. The molecule has 24 heavy (non-hydrogen) atoms. The molecule has 0 bridgehead atoms. The highest BCUT2D eigenvalue weighted by atomic mass is 19.4. The van der Waals surface area contributed by atoms with Gasteiger partial charge in [-0.3, -0.25) is 4.79 Å². The first-order valence-corrected chi connectivity index (χ1v) is 6.69. The first kappa shape index (κ1) is 15.9. The van der Waals surface area contributed by atoms with Crippen LogP contribution in [0.4, 0.5) is 17.6 Å². The highest BCUT2D eigenvalue weighted by Gasteiger charge is 2.38. The molecular formula is C15H9F4N3O2. The van der Waals surface area contributed by atoms with Gasteiger partial charge in [0.1, 0.15) is 5.82 Å². The summed E-state index contributed by atoms with van der Waals surface area (Å²) in [4.78, 5) is 12.1. The molecule has 0 saturated carbocycles. The Bertz CT molecular complexity index is 931. The standard InChI is InChI=1S/C15H9F4N3O2/c16-11-4-2-1-3-10(11)8-22-6-5-9(7-12(22)23)13-20-21-14(24-13)15(17,18)19/h1-7H,8H2. The van der Waals surface area contributed by atoms with E-state index in [9.17, 15) is 22.4 Å². The Labute approximate surface area is 132 Å². The Hall–Kier alpha value is -2.97.